The van der Waals surface area contributed by atoms with E-state index in [-0.39, 0.29) is 22.6 Å². The number of carbonyl (C=O) groups excluding carboxylic acids is 2. The molecule has 0 saturated heterocycles. The monoisotopic (exact) mass is 438 g/mol. The van der Waals surface area contributed by atoms with Gasteiger partial charge in [0.05, 0.1) is 0 Å². The Morgan fingerprint density at radius 3 is 2.12 bits per heavy atom. The molecule has 1 aliphatic heterocycles. The van der Waals surface area contributed by atoms with Crippen molar-refractivity contribution in [1.29, 1.82) is 0 Å². The first-order valence-electron chi connectivity index (χ1n) is 11.1. The van der Waals surface area contributed by atoms with Crippen molar-refractivity contribution in [2.45, 2.75) is 58.4 Å². The van der Waals surface area contributed by atoms with Crippen LogP contribution >= 0.6 is 0 Å². The van der Waals surface area contributed by atoms with Crippen molar-refractivity contribution in [3.05, 3.63) is 59.2 Å². The minimum absolute atomic E-state index is 0.0200. The van der Waals surface area contributed by atoms with Gasteiger partial charge in [0, 0.05) is 17.5 Å². The summed E-state index contributed by atoms with van der Waals surface area (Å²) in [6.45, 7) is 13.7. The van der Waals surface area contributed by atoms with Gasteiger partial charge >= 0.3 is 0 Å². The van der Waals surface area contributed by atoms with E-state index in [1.807, 2.05) is 30.3 Å². The minimum atomic E-state index is -0.652. The first-order valence-corrected chi connectivity index (χ1v) is 11.1. The van der Waals surface area contributed by atoms with Crippen LogP contribution in [0.2, 0.25) is 0 Å². The van der Waals surface area contributed by atoms with Crippen LogP contribution < -0.4 is 20.1 Å². The Kier molecular flexibility index (Phi) is 6.82. The number of hydrogen-bond acceptors (Lipinski definition) is 4. The smallest absolute Gasteiger partial charge is 0.251 e. The van der Waals surface area contributed by atoms with Crippen molar-refractivity contribution in [2.24, 2.45) is 0 Å². The average Bonchev–Trinajstić information content (AvgIpc) is 2.76. The van der Waals surface area contributed by atoms with Gasteiger partial charge < -0.3 is 20.1 Å². The van der Waals surface area contributed by atoms with Crippen LogP contribution in [0.15, 0.2) is 42.5 Å². The Balaban J connectivity index is 1.56. The number of hydrogen-bond donors (Lipinski definition) is 2. The molecule has 1 heterocycles. The number of benzene rings is 2. The molecular formula is C26H34N2O4. The molecule has 1 atom stereocenters. The molecule has 1 unspecified atom stereocenters. The number of nitrogens with one attached hydrogen (secondary N) is 2. The van der Waals surface area contributed by atoms with E-state index in [0.717, 1.165) is 22.6 Å². The molecule has 32 heavy (non-hydrogen) atoms. The molecule has 3 rings (SSSR count). The van der Waals surface area contributed by atoms with E-state index in [0.29, 0.717) is 25.3 Å². The molecule has 0 aromatic heterocycles. The maximum absolute atomic E-state index is 12.6. The summed E-state index contributed by atoms with van der Waals surface area (Å²) in [5.74, 6) is 0.979. The van der Waals surface area contributed by atoms with Gasteiger partial charge in [-0.2, -0.15) is 0 Å². The molecule has 0 bridgehead atoms. The van der Waals surface area contributed by atoms with Gasteiger partial charge in [-0.25, -0.2) is 0 Å². The molecule has 2 aromatic carbocycles. The normalized spacial score (nSPS) is 14.4. The maximum atomic E-state index is 12.6. The van der Waals surface area contributed by atoms with Crippen LogP contribution in [-0.2, 0) is 15.6 Å². The van der Waals surface area contributed by atoms with Gasteiger partial charge in [0.2, 0.25) is 5.91 Å². The summed E-state index contributed by atoms with van der Waals surface area (Å²) in [6.07, 6.45) is 0. The summed E-state index contributed by atoms with van der Waals surface area (Å²) in [6, 6.07) is 12.7. The fraction of sp³-hybridized carbons (Fsp3) is 0.462. The number of ether oxygens (including phenoxy) is 2. The Morgan fingerprint density at radius 2 is 1.50 bits per heavy atom. The third kappa shape index (κ3) is 5.61. The third-order valence-electron chi connectivity index (χ3n) is 5.78. The van der Waals surface area contributed by atoms with Gasteiger partial charge in [0.15, 0.2) is 11.5 Å². The Bertz CT molecular complexity index is 974. The summed E-state index contributed by atoms with van der Waals surface area (Å²) in [7, 11) is 0. The second-order valence-corrected chi connectivity index (χ2v) is 9.98. The van der Waals surface area contributed by atoms with Crippen LogP contribution in [0.25, 0.3) is 0 Å². The van der Waals surface area contributed by atoms with Crippen LogP contribution in [0, 0.1) is 0 Å². The number of fused-ring (bicyclic) bond motifs is 1. The molecule has 0 spiro atoms. The zero-order valence-electron chi connectivity index (χ0n) is 19.9. The van der Waals surface area contributed by atoms with Crippen molar-refractivity contribution in [3.8, 4) is 11.5 Å². The van der Waals surface area contributed by atoms with Gasteiger partial charge in [0.25, 0.3) is 5.91 Å². The van der Waals surface area contributed by atoms with Gasteiger partial charge in [-0.05, 0) is 47.7 Å². The highest BCUT2D eigenvalue weighted by atomic mass is 16.6. The molecular weight excluding hydrogens is 404 g/mol. The summed E-state index contributed by atoms with van der Waals surface area (Å²) in [5.41, 5.74) is 2.43. The van der Waals surface area contributed by atoms with E-state index in [1.165, 1.54) is 0 Å². The van der Waals surface area contributed by atoms with Crippen LogP contribution in [-0.4, -0.2) is 37.6 Å². The zero-order chi connectivity index (χ0) is 23.5. The fourth-order valence-electron chi connectivity index (χ4n) is 3.49. The summed E-state index contributed by atoms with van der Waals surface area (Å²) in [5, 5.41) is 5.74. The second-order valence-electron chi connectivity index (χ2n) is 9.98. The van der Waals surface area contributed by atoms with Crippen molar-refractivity contribution in [1.82, 2.24) is 10.6 Å². The lowest BCUT2D eigenvalue weighted by Gasteiger charge is -2.28. The number of amides is 2. The van der Waals surface area contributed by atoms with Gasteiger partial charge in [-0.1, -0.05) is 52.8 Å². The molecule has 2 N–H and O–H groups in total. The quantitative estimate of drug-likeness (QED) is 0.716. The Morgan fingerprint density at radius 1 is 0.906 bits per heavy atom. The van der Waals surface area contributed by atoms with Crippen LogP contribution in [0.3, 0.4) is 0 Å². The standard InChI is InChI=1S/C26H34N2O4/c1-17(28-24(30)18-7-9-19(10-8-18)25(2,3)4)23(29)27-16-26(5,6)20-11-12-21-22(15-20)32-14-13-31-21/h7-12,15,17H,13-14,16H2,1-6H3,(H,27,29)(H,28,30). The fourth-order valence-corrected chi connectivity index (χ4v) is 3.49. The van der Waals surface area contributed by atoms with Crippen molar-refractivity contribution in [3.63, 3.8) is 0 Å². The van der Waals surface area contributed by atoms with Gasteiger partial charge in [0.1, 0.15) is 19.3 Å². The minimum Gasteiger partial charge on any atom is -0.486 e. The Hall–Kier alpha value is -3.02. The van der Waals surface area contributed by atoms with Crippen LogP contribution in [0.4, 0.5) is 0 Å². The lowest BCUT2D eigenvalue weighted by atomic mass is 9.84. The zero-order valence-corrected chi connectivity index (χ0v) is 19.9. The first-order chi connectivity index (χ1) is 15.0. The highest BCUT2D eigenvalue weighted by Gasteiger charge is 2.26. The van der Waals surface area contributed by atoms with E-state index in [1.54, 1.807) is 19.1 Å². The molecule has 0 fully saturated rings. The second kappa shape index (κ2) is 9.23. The summed E-state index contributed by atoms with van der Waals surface area (Å²) < 4.78 is 11.3. The predicted octanol–water partition coefficient (Wildman–Crippen LogP) is 3.97. The average molecular weight is 439 g/mol. The number of carbonyl (C=O) groups is 2. The third-order valence-corrected chi connectivity index (χ3v) is 5.78. The molecule has 0 saturated carbocycles. The Labute approximate surface area is 190 Å². The largest absolute Gasteiger partial charge is 0.486 e. The lowest BCUT2D eigenvalue weighted by Crippen LogP contribution is -2.47. The molecule has 6 nitrogen and oxygen atoms in total. The molecule has 172 valence electrons. The van der Waals surface area contributed by atoms with Crippen LogP contribution in [0.5, 0.6) is 11.5 Å². The summed E-state index contributed by atoms with van der Waals surface area (Å²) in [4.78, 5) is 25.2. The van der Waals surface area contributed by atoms with Gasteiger partial charge in [-0.3, -0.25) is 9.59 Å². The van der Waals surface area contributed by atoms with E-state index in [4.69, 9.17) is 9.47 Å². The van der Waals surface area contributed by atoms with E-state index in [2.05, 4.69) is 45.3 Å². The van der Waals surface area contributed by atoms with Crippen molar-refractivity contribution < 1.29 is 19.1 Å². The SMILES string of the molecule is CC(NC(=O)c1ccc(C(C)(C)C)cc1)C(=O)NCC(C)(C)c1ccc2c(c1)OCCO2. The van der Waals surface area contributed by atoms with Crippen LogP contribution in [0.1, 0.15) is 63.0 Å². The van der Waals surface area contributed by atoms with Crippen molar-refractivity contribution in [2.75, 3.05) is 19.8 Å². The highest BCUT2D eigenvalue weighted by Crippen LogP contribution is 2.35. The molecule has 2 aromatic rings. The molecule has 6 heteroatoms. The molecule has 2 amide bonds. The predicted molar refractivity (Wildman–Crippen MR) is 126 cm³/mol. The molecule has 0 radical (unpaired) electrons. The number of rotatable bonds is 6. The van der Waals surface area contributed by atoms with E-state index < -0.39 is 6.04 Å². The topological polar surface area (TPSA) is 76.7 Å². The lowest BCUT2D eigenvalue weighted by molar-refractivity contribution is -0.122. The summed E-state index contributed by atoms with van der Waals surface area (Å²) >= 11 is 0. The van der Waals surface area contributed by atoms with Gasteiger partial charge in [-0.15, -0.1) is 0 Å². The van der Waals surface area contributed by atoms with E-state index in [9.17, 15) is 9.59 Å². The maximum Gasteiger partial charge on any atom is 0.251 e. The molecule has 0 aliphatic carbocycles. The highest BCUT2D eigenvalue weighted by molar-refractivity contribution is 5.97. The molecule has 1 aliphatic rings. The van der Waals surface area contributed by atoms with E-state index >= 15 is 0 Å². The first kappa shape index (κ1) is 23.6. The van der Waals surface area contributed by atoms with Crippen molar-refractivity contribution >= 4 is 11.8 Å².